The SMILES string of the molecule is C=C/C(=C\N(N)C1COC1)c1cc2nccn2c(-c2cnn(C3(CN)CN(CC(F)(F)C(F)(F)F)C3)c2)n1. The monoisotopic (exact) mass is 539 g/mol. The Morgan fingerprint density at radius 1 is 1.26 bits per heavy atom. The van der Waals surface area contributed by atoms with Gasteiger partial charge in [-0.2, -0.15) is 27.1 Å². The second kappa shape index (κ2) is 9.41. The van der Waals surface area contributed by atoms with Crippen LogP contribution in [0.3, 0.4) is 0 Å². The normalized spacial score (nSPS) is 18.9. The number of aromatic nitrogens is 5. The Hall–Kier alpha value is -3.40. The zero-order valence-corrected chi connectivity index (χ0v) is 20.2. The molecule has 0 radical (unpaired) electrons. The van der Waals surface area contributed by atoms with Crippen molar-refractivity contribution in [3.05, 3.63) is 55.4 Å². The van der Waals surface area contributed by atoms with Crippen LogP contribution in [0.1, 0.15) is 5.69 Å². The van der Waals surface area contributed by atoms with Crippen LogP contribution in [0.25, 0.3) is 22.6 Å². The molecule has 0 bridgehead atoms. The summed E-state index contributed by atoms with van der Waals surface area (Å²) in [6.45, 7) is 3.25. The highest BCUT2D eigenvalue weighted by Crippen LogP contribution is 2.39. The first-order chi connectivity index (χ1) is 18.0. The lowest BCUT2D eigenvalue weighted by atomic mass is 9.89. The molecule has 3 aromatic rings. The average Bonchev–Trinajstić information content (AvgIpc) is 3.47. The van der Waals surface area contributed by atoms with Gasteiger partial charge in [0, 0.05) is 56.1 Å². The number of ether oxygens (including phenoxy) is 1. The molecule has 2 fully saturated rings. The Kier molecular flexibility index (Phi) is 6.49. The fraction of sp³-hybridized carbons (Fsp3) is 0.435. The average molecular weight is 540 g/mol. The van der Waals surface area contributed by atoms with Gasteiger partial charge in [0.25, 0.3) is 0 Å². The molecule has 5 rings (SSSR count). The largest absolute Gasteiger partial charge is 0.454 e. The number of nitrogens with zero attached hydrogens (tertiary/aromatic N) is 7. The predicted molar refractivity (Wildman–Crippen MR) is 127 cm³/mol. The van der Waals surface area contributed by atoms with E-state index in [0.29, 0.717) is 41.5 Å². The molecule has 2 saturated heterocycles. The summed E-state index contributed by atoms with van der Waals surface area (Å²) in [5, 5.41) is 5.91. The maximum absolute atomic E-state index is 13.5. The number of likely N-dealkylation sites (tertiary alicyclic amines) is 1. The predicted octanol–water partition coefficient (Wildman–Crippen LogP) is 1.86. The Labute approximate surface area is 213 Å². The second-order valence-electron chi connectivity index (χ2n) is 9.50. The molecule has 0 unspecified atom stereocenters. The van der Waals surface area contributed by atoms with Gasteiger partial charge in [-0.25, -0.2) is 15.8 Å². The standard InChI is InChI=1S/C23H26F5N9O/c1-2-15(7-36(30)17-9-38-10-17)18-5-19-31-3-4-35(19)20(33-18)16-6-32-37(8-16)21(11-29)12-34(13-21)14-22(24,25)23(26,27)28/h2-8,17H,1,9-14,29-30H2/b15-7+. The first-order valence-electron chi connectivity index (χ1n) is 11.7. The van der Waals surface area contributed by atoms with Gasteiger partial charge < -0.3 is 15.5 Å². The van der Waals surface area contributed by atoms with E-state index in [2.05, 4.69) is 16.7 Å². The minimum Gasteiger partial charge on any atom is -0.377 e. The van der Waals surface area contributed by atoms with Crippen LogP contribution in [0, 0.1) is 0 Å². The third kappa shape index (κ3) is 4.55. The van der Waals surface area contributed by atoms with Crippen molar-refractivity contribution in [3.63, 3.8) is 0 Å². The van der Waals surface area contributed by atoms with Crippen LogP contribution in [-0.2, 0) is 10.3 Å². The van der Waals surface area contributed by atoms with Crippen molar-refractivity contribution in [2.45, 2.75) is 23.7 Å². The van der Waals surface area contributed by atoms with Crippen molar-refractivity contribution in [3.8, 4) is 11.4 Å². The van der Waals surface area contributed by atoms with Crippen molar-refractivity contribution in [1.29, 1.82) is 0 Å². The maximum atomic E-state index is 13.5. The van der Waals surface area contributed by atoms with Crippen molar-refractivity contribution in [2.75, 3.05) is 39.4 Å². The molecular weight excluding hydrogens is 513 g/mol. The van der Waals surface area contributed by atoms with Gasteiger partial charge >= 0.3 is 12.1 Å². The minimum absolute atomic E-state index is 0.00324. The Morgan fingerprint density at radius 2 is 2.00 bits per heavy atom. The van der Waals surface area contributed by atoms with Crippen molar-refractivity contribution >= 4 is 11.2 Å². The number of hydrogen-bond donors (Lipinski definition) is 2. The molecule has 0 amide bonds. The highest BCUT2D eigenvalue weighted by molar-refractivity contribution is 5.74. The van der Waals surface area contributed by atoms with Crippen molar-refractivity contribution in [1.82, 2.24) is 34.1 Å². The lowest BCUT2D eigenvalue weighted by Gasteiger charge is -2.50. The van der Waals surface area contributed by atoms with Gasteiger partial charge in [-0.15, -0.1) is 0 Å². The second-order valence-corrected chi connectivity index (χ2v) is 9.50. The molecule has 38 heavy (non-hydrogen) atoms. The summed E-state index contributed by atoms with van der Waals surface area (Å²) in [5.41, 5.74) is 7.37. The highest BCUT2D eigenvalue weighted by atomic mass is 19.4. The molecule has 15 heteroatoms. The number of halogens is 5. The van der Waals surface area contributed by atoms with Gasteiger partial charge in [-0.1, -0.05) is 12.7 Å². The summed E-state index contributed by atoms with van der Waals surface area (Å²) in [4.78, 5) is 10.2. The lowest BCUT2D eigenvalue weighted by Crippen LogP contribution is -2.68. The van der Waals surface area contributed by atoms with Gasteiger partial charge in [-0.05, 0) is 0 Å². The van der Waals surface area contributed by atoms with E-state index < -0.39 is 24.2 Å². The summed E-state index contributed by atoms with van der Waals surface area (Å²) in [6.07, 6.45) is 4.24. The number of fused-ring (bicyclic) bond motifs is 1. The summed E-state index contributed by atoms with van der Waals surface area (Å²) in [5.74, 6) is 1.80. The van der Waals surface area contributed by atoms with Crippen LogP contribution in [0.15, 0.2) is 49.7 Å². The van der Waals surface area contributed by atoms with Crippen LogP contribution in [0.5, 0.6) is 0 Å². The molecular formula is C23H26F5N9O. The van der Waals surface area contributed by atoms with Gasteiger partial charge in [0.2, 0.25) is 0 Å². The zero-order chi connectivity index (χ0) is 27.3. The number of alkyl halides is 5. The summed E-state index contributed by atoms with van der Waals surface area (Å²) in [6, 6.07) is 1.82. The van der Waals surface area contributed by atoms with Crippen LogP contribution >= 0.6 is 0 Å². The first kappa shape index (κ1) is 26.2. The van der Waals surface area contributed by atoms with Crippen LogP contribution in [0.2, 0.25) is 0 Å². The maximum Gasteiger partial charge on any atom is 0.454 e. The van der Waals surface area contributed by atoms with E-state index in [9.17, 15) is 22.0 Å². The number of rotatable bonds is 9. The van der Waals surface area contributed by atoms with Gasteiger partial charge in [-0.3, -0.25) is 14.0 Å². The van der Waals surface area contributed by atoms with Crippen molar-refractivity contribution < 1.29 is 26.7 Å². The Balaban J connectivity index is 1.42. The molecule has 0 atom stereocenters. The number of imidazole rings is 1. The number of hydrazine groups is 1. The summed E-state index contributed by atoms with van der Waals surface area (Å²) in [7, 11) is 0. The molecule has 4 N–H and O–H groups in total. The van der Waals surface area contributed by atoms with E-state index >= 15 is 0 Å². The van der Waals surface area contributed by atoms with E-state index in [1.807, 2.05) is 0 Å². The molecule has 0 spiro atoms. The van der Waals surface area contributed by atoms with E-state index in [1.54, 1.807) is 46.3 Å². The lowest BCUT2D eigenvalue weighted by molar-refractivity contribution is -0.291. The third-order valence-electron chi connectivity index (χ3n) is 6.82. The quantitative estimate of drug-likeness (QED) is 0.183. The number of nitrogens with two attached hydrogens (primary N) is 2. The molecule has 5 heterocycles. The van der Waals surface area contributed by atoms with E-state index in [-0.39, 0.29) is 25.7 Å². The molecule has 3 aromatic heterocycles. The number of allylic oxidation sites excluding steroid dienone is 2. The summed E-state index contributed by atoms with van der Waals surface area (Å²) >= 11 is 0. The molecule has 0 aromatic carbocycles. The molecule has 204 valence electrons. The van der Waals surface area contributed by atoms with Gasteiger partial charge in [0.15, 0.2) is 0 Å². The van der Waals surface area contributed by atoms with Crippen LogP contribution in [-0.4, -0.2) is 91.6 Å². The van der Waals surface area contributed by atoms with Crippen LogP contribution in [0.4, 0.5) is 22.0 Å². The van der Waals surface area contributed by atoms with E-state index in [1.165, 1.54) is 10.9 Å². The molecule has 0 aliphatic carbocycles. The minimum atomic E-state index is -5.62. The molecule has 0 saturated carbocycles. The smallest absolute Gasteiger partial charge is 0.377 e. The molecule has 10 nitrogen and oxygen atoms in total. The third-order valence-corrected chi connectivity index (χ3v) is 6.82. The molecule has 2 aliphatic rings. The van der Waals surface area contributed by atoms with Gasteiger partial charge in [0.05, 0.1) is 43.3 Å². The van der Waals surface area contributed by atoms with Crippen LogP contribution < -0.4 is 11.6 Å². The topological polar surface area (TPSA) is 116 Å². The highest BCUT2D eigenvalue weighted by Gasteiger charge is 2.60. The Bertz CT molecular complexity index is 1350. The van der Waals surface area contributed by atoms with Gasteiger partial charge in [0.1, 0.15) is 17.0 Å². The zero-order valence-electron chi connectivity index (χ0n) is 20.2. The van der Waals surface area contributed by atoms with E-state index in [0.717, 1.165) is 4.90 Å². The fourth-order valence-electron chi connectivity index (χ4n) is 4.49. The summed E-state index contributed by atoms with van der Waals surface area (Å²) < 4.78 is 73.4. The van der Waals surface area contributed by atoms with Crippen molar-refractivity contribution in [2.24, 2.45) is 11.6 Å². The first-order valence-corrected chi connectivity index (χ1v) is 11.7. The number of hydrogen-bond acceptors (Lipinski definition) is 8. The molecule has 2 aliphatic heterocycles. The Morgan fingerprint density at radius 3 is 2.61 bits per heavy atom. The fourth-order valence-corrected chi connectivity index (χ4v) is 4.49. The van der Waals surface area contributed by atoms with E-state index in [4.69, 9.17) is 21.3 Å².